The van der Waals surface area contributed by atoms with Crippen molar-refractivity contribution in [1.29, 1.82) is 0 Å². The molecule has 0 saturated heterocycles. The van der Waals surface area contributed by atoms with Gasteiger partial charge in [0, 0.05) is 17.6 Å². The second-order valence-corrected chi connectivity index (χ2v) is 8.93. The third kappa shape index (κ3) is 2.98. The predicted octanol–water partition coefficient (Wildman–Crippen LogP) is 3.48. The van der Waals surface area contributed by atoms with Crippen LogP contribution >= 0.6 is 0 Å². The first-order valence-corrected chi connectivity index (χ1v) is 10.4. The molecule has 1 atom stereocenters. The largest absolute Gasteiger partial charge is 0.309 e. The van der Waals surface area contributed by atoms with Crippen LogP contribution in [0.25, 0.3) is 0 Å². The van der Waals surface area contributed by atoms with Crippen LogP contribution in [0.1, 0.15) is 30.9 Å². The smallest absolute Gasteiger partial charge is 0.261 e. The van der Waals surface area contributed by atoms with Crippen molar-refractivity contribution in [3.63, 3.8) is 0 Å². The van der Waals surface area contributed by atoms with Crippen LogP contribution in [0.3, 0.4) is 0 Å². The first-order valence-electron chi connectivity index (χ1n) is 8.91. The molecule has 26 heavy (non-hydrogen) atoms. The number of aryl methyl sites for hydroxylation is 1. The molecule has 2 aromatic rings. The van der Waals surface area contributed by atoms with E-state index in [0.717, 1.165) is 29.7 Å². The normalized spacial score (nSPS) is 19.3. The Morgan fingerprint density at radius 2 is 1.88 bits per heavy atom. The number of carbonyl (C=O) groups is 1. The van der Waals surface area contributed by atoms with E-state index in [9.17, 15) is 13.2 Å². The fourth-order valence-electron chi connectivity index (χ4n) is 3.53. The molecule has 1 saturated carbocycles. The Balaban J connectivity index is 1.64. The summed E-state index contributed by atoms with van der Waals surface area (Å²) in [4.78, 5) is 14.6. The van der Waals surface area contributed by atoms with Gasteiger partial charge in [0.25, 0.3) is 10.0 Å². The molecule has 1 aliphatic carbocycles. The number of nitrogens with zero attached hydrogens (tertiary/aromatic N) is 1. The van der Waals surface area contributed by atoms with Crippen LogP contribution in [0.2, 0.25) is 0 Å². The van der Waals surface area contributed by atoms with Gasteiger partial charge in [-0.1, -0.05) is 18.2 Å². The molecule has 0 aromatic heterocycles. The van der Waals surface area contributed by atoms with Gasteiger partial charge in [-0.25, -0.2) is 8.42 Å². The van der Waals surface area contributed by atoms with Crippen molar-refractivity contribution in [2.45, 2.75) is 44.0 Å². The third-order valence-corrected chi connectivity index (χ3v) is 6.49. The molecular formula is C20H22N2O3S. The van der Waals surface area contributed by atoms with Crippen molar-refractivity contribution < 1.29 is 13.2 Å². The van der Waals surface area contributed by atoms with E-state index in [1.807, 2.05) is 30.9 Å². The molecular weight excluding hydrogens is 348 g/mol. The molecule has 4 rings (SSSR count). The zero-order valence-corrected chi connectivity index (χ0v) is 15.7. The number of anilines is 2. The van der Waals surface area contributed by atoms with Crippen LogP contribution in [0.15, 0.2) is 47.4 Å². The van der Waals surface area contributed by atoms with Gasteiger partial charge in [-0.05, 0) is 68.5 Å². The topological polar surface area (TPSA) is 66.5 Å². The fourth-order valence-corrected chi connectivity index (χ4v) is 4.71. The summed E-state index contributed by atoms with van der Waals surface area (Å²) in [5.41, 5.74) is 3.21. The van der Waals surface area contributed by atoms with Crippen molar-refractivity contribution in [2.75, 3.05) is 9.62 Å². The second kappa shape index (κ2) is 6.13. The maximum Gasteiger partial charge on any atom is 0.261 e. The lowest BCUT2D eigenvalue weighted by Crippen LogP contribution is -2.36. The number of sulfonamides is 1. The van der Waals surface area contributed by atoms with E-state index < -0.39 is 10.0 Å². The first-order chi connectivity index (χ1) is 12.4. The van der Waals surface area contributed by atoms with Gasteiger partial charge in [-0.2, -0.15) is 0 Å². The number of hydrogen-bond donors (Lipinski definition) is 1. The molecule has 1 fully saturated rings. The minimum atomic E-state index is -3.67. The third-order valence-electron chi connectivity index (χ3n) is 5.13. The second-order valence-electron chi connectivity index (χ2n) is 7.25. The SMILES string of the molecule is Cc1ccccc1NS(=O)(=O)c1ccc2c(c1)C[C@H](C)N2C(=O)C1CC1. The summed E-state index contributed by atoms with van der Waals surface area (Å²) < 4.78 is 28.2. The number of amides is 1. The van der Waals surface area contributed by atoms with Crippen LogP contribution in [0, 0.1) is 12.8 Å². The van der Waals surface area contributed by atoms with Crippen molar-refractivity contribution in [1.82, 2.24) is 0 Å². The highest BCUT2D eigenvalue weighted by Gasteiger charge is 2.39. The highest BCUT2D eigenvalue weighted by atomic mass is 32.2. The Kier molecular flexibility index (Phi) is 4.03. The van der Waals surface area contributed by atoms with Crippen LogP contribution in [-0.2, 0) is 21.2 Å². The number of fused-ring (bicyclic) bond motifs is 1. The number of rotatable bonds is 4. The number of para-hydroxylation sites is 1. The standard InChI is InChI=1S/C20H22N2O3S/c1-13-5-3-4-6-18(13)21-26(24,25)17-9-10-19-16(12-17)11-14(2)22(19)20(23)15-7-8-15/h3-6,9-10,12,14-15,21H,7-8,11H2,1-2H3/t14-/m0/s1. The quantitative estimate of drug-likeness (QED) is 0.896. The number of nitrogens with one attached hydrogen (secondary N) is 1. The number of carbonyl (C=O) groups excluding carboxylic acids is 1. The summed E-state index contributed by atoms with van der Waals surface area (Å²) >= 11 is 0. The first kappa shape index (κ1) is 17.1. The lowest BCUT2D eigenvalue weighted by Gasteiger charge is -2.22. The molecule has 0 unspecified atom stereocenters. The van der Waals surface area contributed by atoms with Gasteiger partial charge >= 0.3 is 0 Å². The summed E-state index contributed by atoms with van der Waals surface area (Å²) in [5, 5.41) is 0. The minimum absolute atomic E-state index is 0.0698. The lowest BCUT2D eigenvalue weighted by molar-refractivity contribution is -0.120. The molecule has 1 heterocycles. The number of benzene rings is 2. The Hall–Kier alpha value is -2.34. The molecule has 6 heteroatoms. The van der Waals surface area contributed by atoms with Crippen molar-refractivity contribution in [2.24, 2.45) is 5.92 Å². The van der Waals surface area contributed by atoms with E-state index in [-0.39, 0.29) is 22.8 Å². The molecule has 1 aliphatic heterocycles. The van der Waals surface area contributed by atoms with Gasteiger partial charge in [0.2, 0.25) is 5.91 Å². The van der Waals surface area contributed by atoms with E-state index in [1.165, 1.54) is 0 Å². The molecule has 1 amide bonds. The minimum Gasteiger partial charge on any atom is -0.309 e. The molecule has 1 N–H and O–H groups in total. The lowest BCUT2D eigenvalue weighted by atomic mass is 10.1. The summed E-state index contributed by atoms with van der Waals surface area (Å²) in [7, 11) is -3.67. The molecule has 2 aromatic carbocycles. The average Bonchev–Trinajstić information content (AvgIpc) is 3.38. The fraction of sp³-hybridized carbons (Fsp3) is 0.350. The van der Waals surface area contributed by atoms with Crippen LogP contribution < -0.4 is 9.62 Å². The molecule has 0 radical (unpaired) electrons. The van der Waals surface area contributed by atoms with E-state index in [1.54, 1.807) is 30.3 Å². The summed E-state index contributed by atoms with van der Waals surface area (Å²) in [6.45, 7) is 3.88. The maximum atomic E-state index is 12.8. The van der Waals surface area contributed by atoms with Gasteiger partial charge < -0.3 is 4.90 Å². The van der Waals surface area contributed by atoms with Crippen LogP contribution in [0.5, 0.6) is 0 Å². The van der Waals surface area contributed by atoms with Crippen molar-refractivity contribution in [3.05, 3.63) is 53.6 Å². The highest BCUT2D eigenvalue weighted by Crippen LogP contribution is 2.39. The van der Waals surface area contributed by atoms with Gasteiger partial charge in [-0.3, -0.25) is 9.52 Å². The van der Waals surface area contributed by atoms with Crippen LogP contribution in [0.4, 0.5) is 11.4 Å². The van der Waals surface area contributed by atoms with Crippen LogP contribution in [-0.4, -0.2) is 20.4 Å². The van der Waals surface area contributed by atoms with E-state index >= 15 is 0 Å². The molecule has 0 bridgehead atoms. The average molecular weight is 370 g/mol. The maximum absolute atomic E-state index is 12.8. The van der Waals surface area contributed by atoms with E-state index in [0.29, 0.717) is 12.1 Å². The van der Waals surface area contributed by atoms with E-state index in [4.69, 9.17) is 0 Å². The monoisotopic (exact) mass is 370 g/mol. The van der Waals surface area contributed by atoms with Gasteiger partial charge in [0.1, 0.15) is 0 Å². The molecule has 136 valence electrons. The Morgan fingerprint density at radius 3 is 2.58 bits per heavy atom. The Labute approximate surface area is 154 Å². The Bertz CT molecular complexity index is 980. The summed E-state index contributed by atoms with van der Waals surface area (Å²) in [6.07, 6.45) is 2.61. The number of hydrogen-bond acceptors (Lipinski definition) is 3. The molecule has 0 spiro atoms. The summed E-state index contributed by atoms with van der Waals surface area (Å²) in [6, 6.07) is 12.4. The van der Waals surface area contributed by atoms with Gasteiger partial charge in [0.15, 0.2) is 0 Å². The zero-order valence-electron chi connectivity index (χ0n) is 14.9. The molecule has 2 aliphatic rings. The summed E-state index contributed by atoms with van der Waals surface area (Å²) in [5.74, 6) is 0.319. The van der Waals surface area contributed by atoms with E-state index in [2.05, 4.69) is 4.72 Å². The van der Waals surface area contributed by atoms with Crippen molar-refractivity contribution >= 4 is 27.3 Å². The molecule has 5 nitrogen and oxygen atoms in total. The predicted molar refractivity (Wildman–Crippen MR) is 102 cm³/mol. The van der Waals surface area contributed by atoms with Gasteiger partial charge in [0.05, 0.1) is 10.6 Å². The van der Waals surface area contributed by atoms with Gasteiger partial charge in [-0.15, -0.1) is 0 Å². The van der Waals surface area contributed by atoms with Crippen molar-refractivity contribution in [3.8, 4) is 0 Å². The zero-order chi connectivity index (χ0) is 18.5. The Morgan fingerprint density at radius 1 is 1.15 bits per heavy atom. The highest BCUT2D eigenvalue weighted by molar-refractivity contribution is 7.92.